The van der Waals surface area contributed by atoms with Crippen molar-refractivity contribution in [3.63, 3.8) is 0 Å². The van der Waals surface area contributed by atoms with E-state index in [1.807, 2.05) is 0 Å². The van der Waals surface area contributed by atoms with Gasteiger partial charge in [0.1, 0.15) is 0 Å². The Labute approximate surface area is 106 Å². The molecular weight excluding hydrogens is 212 g/mol. The van der Waals surface area contributed by atoms with Crippen molar-refractivity contribution in [3.05, 3.63) is 0 Å². The maximum Gasteiger partial charge on any atom is 0.220 e. The van der Waals surface area contributed by atoms with Gasteiger partial charge in [0, 0.05) is 12.0 Å². The molecular formula is C14H28N2O. The van der Waals surface area contributed by atoms with Gasteiger partial charge in [-0.05, 0) is 51.1 Å². The third-order valence-electron chi connectivity index (χ3n) is 4.31. The molecule has 0 spiro atoms. The lowest BCUT2D eigenvalue weighted by molar-refractivity contribution is -0.124. The van der Waals surface area contributed by atoms with Crippen LogP contribution < -0.4 is 10.6 Å². The van der Waals surface area contributed by atoms with Crippen LogP contribution in [-0.2, 0) is 4.79 Å². The molecule has 0 aromatic rings. The second kappa shape index (κ2) is 7.00. The van der Waals surface area contributed by atoms with Gasteiger partial charge in [-0.15, -0.1) is 0 Å². The van der Waals surface area contributed by atoms with Crippen molar-refractivity contribution < 1.29 is 4.79 Å². The Bertz CT molecular complexity index is 222. The highest BCUT2D eigenvalue weighted by Crippen LogP contribution is 2.21. The van der Waals surface area contributed by atoms with Gasteiger partial charge >= 0.3 is 0 Å². The molecule has 0 radical (unpaired) electrons. The van der Waals surface area contributed by atoms with Crippen LogP contribution in [-0.4, -0.2) is 24.5 Å². The zero-order valence-electron chi connectivity index (χ0n) is 11.6. The van der Waals surface area contributed by atoms with Crippen LogP contribution in [0.15, 0.2) is 0 Å². The minimum absolute atomic E-state index is 0.0270. The van der Waals surface area contributed by atoms with E-state index < -0.39 is 0 Å². The Hall–Kier alpha value is -0.570. The van der Waals surface area contributed by atoms with Crippen molar-refractivity contribution in [1.82, 2.24) is 10.6 Å². The number of rotatable bonds is 6. The first kappa shape index (κ1) is 14.5. The summed E-state index contributed by atoms with van der Waals surface area (Å²) in [6.45, 7) is 8.60. The molecule has 2 N–H and O–H groups in total. The van der Waals surface area contributed by atoms with Crippen molar-refractivity contribution in [3.8, 4) is 0 Å². The van der Waals surface area contributed by atoms with E-state index in [0.717, 1.165) is 32.4 Å². The Kier molecular flexibility index (Phi) is 5.96. The van der Waals surface area contributed by atoms with Gasteiger partial charge in [-0.25, -0.2) is 0 Å². The van der Waals surface area contributed by atoms with E-state index >= 15 is 0 Å². The van der Waals surface area contributed by atoms with E-state index in [9.17, 15) is 4.79 Å². The highest BCUT2D eigenvalue weighted by atomic mass is 16.1. The second-order valence-electron chi connectivity index (χ2n) is 5.31. The van der Waals surface area contributed by atoms with Gasteiger partial charge < -0.3 is 10.6 Å². The molecule has 17 heavy (non-hydrogen) atoms. The fourth-order valence-corrected chi connectivity index (χ4v) is 2.72. The molecule has 1 aliphatic rings. The van der Waals surface area contributed by atoms with Crippen molar-refractivity contribution in [1.29, 1.82) is 0 Å². The second-order valence-corrected chi connectivity index (χ2v) is 5.31. The lowest BCUT2D eigenvalue weighted by atomic mass is 9.88. The molecule has 100 valence electrons. The largest absolute Gasteiger partial charge is 0.351 e. The van der Waals surface area contributed by atoms with Gasteiger partial charge in [-0.2, -0.15) is 0 Å². The van der Waals surface area contributed by atoms with E-state index in [2.05, 4.69) is 31.4 Å². The van der Waals surface area contributed by atoms with Crippen molar-refractivity contribution in [2.75, 3.05) is 13.1 Å². The first-order chi connectivity index (χ1) is 8.15. The summed E-state index contributed by atoms with van der Waals surface area (Å²) in [5, 5.41) is 6.63. The average molecular weight is 240 g/mol. The predicted molar refractivity (Wildman–Crippen MR) is 72.0 cm³/mol. The quantitative estimate of drug-likeness (QED) is 0.749. The standard InChI is InChI=1S/C14H28N2O/c1-4-14(5-2,6-3)16-13(17)10-12-8-7-9-15-11-12/h12,15H,4-11H2,1-3H3,(H,16,17). The van der Waals surface area contributed by atoms with Gasteiger partial charge in [0.2, 0.25) is 5.91 Å². The van der Waals surface area contributed by atoms with Crippen LogP contribution in [0.3, 0.4) is 0 Å². The van der Waals surface area contributed by atoms with Gasteiger partial charge in [0.25, 0.3) is 0 Å². The highest BCUT2D eigenvalue weighted by molar-refractivity contribution is 5.77. The maximum absolute atomic E-state index is 12.1. The van der Waals surface area contributed by atoms with E-state index in [1.54, 1.807) is 0 Å². The summed E-state index contributed by atoms with van der Waals surface area (Å²) in [4.78, 5) is 12.1. The van der Waals surface area contributed by atoms with Crippen LogP contribution in [0.1, 0.15) is 59.3 Å². The molecule has 0 aromatic carbocycles. The lowest BCUT2D eigenvalue weighted by Crippen LogP contribution is -2.48. The number of carbonyl (C=O) groups excluding carboxylic acids is 1. The monoisotopic (exact) mass is 240 g/mol. The first-order valence-corrected chi connectivity index (χ1v) is 7.17. The smallest absolute Gasteiger partial charge is 0.220 e. The summed E-state index contributed by atoms with van der Waals surface area (Å²) in [5.41, 5.74) is 0.0270. The van der Waals surface area contributed by atoms with E-state index in [0.29, 0.717) is 12.3 Å². The Morgan fingerprint density at radius 1 is 1.29 bits per heavy atom. The molecule has 1 rings (SSSR count). The van der Waals surface area contributed by atoms with Crippen LogP contribution >= 0.6 is 0 Å². The third-order valence-corrected chi connectivity index (χ3v) is 4.31. The first-order valence-electron chi connectivity index (χ1n) is 7.17. The van der Waals surface area contributed by atoms with E-state index in [-0.39, 0.29) is 11.4 Å². The summed E-state index contributed by atoms with van der Waals surface area (Å²) < 4.78 is 0. The van der Waals surface area contributed by atoms with E-state index in [4.69, 9.17) is 0 Å². The molecule has 1 fully saturated rings. The molecule has 0 aliphatic carbocycles. The molecule has 1 unspecified atom stereocenters. The molecule has 0 bridgehead atoms. The fourth-order valence-electron chi connectivity index (χ4n) is 2.72. The van der Waals surface area contributed by atoms with Crippen molar-refractivity contribution in [2.24, 2.45) is 5.92 Å². The maximum atomic E-state index is 12.1. The van der Waals surface area contributed by atoms with Crippen molar-refractivity contribution in [2.45, 2.75) is 64.8 Å². The number of piperidine rings is 1. The average Bonchev–Trinajstić information content (AvgIpc) is 2.37. The zero-order valence-corrected chi connectivity index (χ0v) is 11.6. The molecule has 1 aliphatic heterocycles. The van der Waals surface area contributed by atoms with Gasteiger partial charge in [-0.3, -0.25) is 4.79 Å². The van der Waals surface area contributed by atoms with E-state index in [1.165, 1.54) is 12.8 Å². The van der Waals surface area contributed by atoms with Crippen LogP contribution in [0.4, 0.5) is 0 Å². The molecule has 3 nitrogen and oxygen atoms in total. The number of nitrogens with one attached hydrogen (secondary N) is 2. The van der Waals surface area contributed by atoms with Crippen LogP contribution in [0.2, 0.25) is 0 Å². The number of amides is 1. The fraction of sp³-hybridized carbons (Fsp3) is 0.929. The molecule has 1 atom stereocenters. The molecule has 1 heterocycles. The summed E-state index contributed by atoms with van der Waals surface area (Å²) in [5.74, 6) is 0.774. The van der Waals surface area contributed by atoms with Crippen LogP contribution in [0, 0.1) is 5.92 Å². The van der Waals surface area contributed by atoms with Gasteiger partial charge in [0.05, 0.1) is 0 Å². The molecule has 1 saturated heterocycles. The summed E-state index contributed by atoms with van der Waals surface area (Å²) >= 11 is 0. The Morgan fingerprint density at radius 2 is 1.94 bits per heavy atom. The summed E-state index contributed by atoms with van der Waals surface area (Å²) in [7, 11) is 0. The number of carbonyl (C=O) groups is 1. The number of hydrogen-bond donors (Lipinski definition) is 2. The zero-order chi connectivity index (χ0) is 12.7. The molecule has 3 heteroatoms. The summed E-state index contributed by atoms with van der Waals surface area (Å²) in [6, 6.07) is 0. The Morgan fingerprint density at radius 3 is 2.41 bits per heavy atom. The molecule has 0 aromatic heterocycles. The molecule has 1 amide bonds. The van der Waals surface area contributed by atoms with Gasteiger partial charge in [0.15, 0.2) is 0 Å². The Balaban J connectivity index is 2.41. The van der Waals surface area contributed by atoms with Crippen LogP contribution in [0.25, 0.3) is 0 Å². The minimum atomic E-state index is 0.0270. The molecule has 0 saturated carbocycles. The SMILES string of the molecule is CCC(CC)(CC)NC(=O)CC1CCCNC1. The van der Waals surface area contributed by atoms with Crippen LogP contribution in [0.5, 0.6) is 0 Å². The topological polar surface area (TPSA) is 41.1 Å². The number of hydrogen-bond acceptors (Lipinski definition) is 2. The lowest BCUT2D eigenvalue weighted by Gasteiger charge is -2.33. The minimum Gasteiger partial charge on any atom is -0.351 e. The normalized spacial score (nSPS) is 21.2. The summed E-state index contributed by atoms with van der Waals surface area (Å²) in [6.07, 6.45) is 6.16. The van der Waals surface area contributed by atoms with Crippen molar-refractivity contribution >= 4 is 5.91 Å². The third kappa shape index (κ3) is 4.30. The highest BCUT2D eigenvalue weighted by Gasteiger charge is 2.27. The predicted octanol–water partition coefficient (Wildman–Crippen LogP) is 2.46. The van der Waals surface area contributed by atoms with Gasteiger partial charge in [-0.1, -0.05) is 20.8 Å².